The molecule has 3 aromatic rings. The second-order valence-corrected chi connectivity index (χ2v) is 8.07. The van der Waals surface area contributed by atoms with Crippen molar-refractivity contribution >= 4 is 22.7 Å². The van der Waals surface area contributed by atoms with Crippen LogP contribution < -0.4 is 4.74 Å². The zero-order valence-electron chi connectivity index (χ0n) is 17.2. The van der Waals surface area contributed by atoms with Crippen LogP contribution in [0.5, 0.6) is 5.75 Å². The molecule has 1 amide bonds. The molecule has 0 bridgehead atoms. The summed E-state index contributed by atoms with van der Waals surface area (Å²) in [5.74, 6) is 0.223. The molecule has 2 aliphatic heterocycles. The number of carbonyl (C=O) groups is 2. The van der Waals surface area contributed by atoms with Gasteiger partial charge in [-0.1, -0.05) is 18.2 Å². The van der Waals surface area contributed by atoms with Crippen molar-refractivity contribution in [3.63, 3.8) is 0 Å². The first-order chi connectivity index (χ1) is 14.5. The number of rotatable bonds is 1. The minimum absolute atomic E-state index is 0.0207. The zero-order valence-corrected chi connectivity index (χ0v) is 17.2. The number of hydrogen-bond acceptors (Lipinski definition) is 4. The minimum atomic E-state index is -0.658. The van der Waals surface area contributed by atoms with Gasteiger partial charge >= 0.3 is 0 Å². The van der Waals surface area contributed by atoms with Gasteiger partial charge in [0, 0.05) is 50.7 Å². The molecule has 0 N–H and O–H groups in total. The Morgan fingerprint density at radius 2 is 1.73 bits per heavy atom. The third-order valence-electron chi connectivity index (χ3n) is 6.14. The third-order valence-corrected chi connectivity index (χ3v) is 6.14. The topological polar surface area (TPSA) is 60.8 Å². The number of carbonyl (C=O) groups excluding carboxylic acids is 2. The van der Waals surface area contributed by atoms with Gasteiger partial charge in [-0.2, -0.15) is 0 Å². The van der Waals surface area contributed by atoms with Crippen molar-refractivity contribution in [3.8, 4) is 17.0 Å². The first kappa shape index (κ1) is 18.9. The van der Waals surface area contributed by atoms with Crippen molar-refractivity contribution in [1.82, 2.24) is 9.47 Å². The molecule has 0 radical (unpaired) electrons. The normalized spacial score (nSPS) is 17.6. The monoisotopic (exact) mass is 404 g/mol. The van der Waals surface area contributed by atoms with E-state index in [1.165, 1.54) is 0 Å². The maximum Gasteiger partial charge on any atom is 0.228 e. The van der Waals surface area contributed by atoms with E-state index >= 15 is 0 Å². The number of para-hydroxylation sites is 1. The van der Waals surface area contributed by atoms with Crippen LogP contribution >= 0.6 is 0 Å². The summed E-state index contributed by atoms with van der Waals surface area (Å²) in [6, 6.07) is 15.9. The Balaban J connectivity index is 1.46. The first-order valence-electron chi connectivity index (χ1n) is 10.3. The Morgan fingerprint density at radius 1 is 0.967 bits per heavy atom. The van der Waals surface area contributed by atoms with Crippen LogP contribution in [0.25, 0.3) is 22.2 Å². The van der Waals surface area contributed by atoms with E-state index in [2.05, 4.69) is 0 Å². The van der Waals surface area contributed by atoms with Gasteiger partial charge in [-0.25, -0.2) is 0 Å². The minimum Gasteiger partial charge on any atom is -0.462 e. The molecule has 6 heteroatoms. The highest BCUT2D eigenvalue weighted by atomic mass is 16.7. The number of aromatic nitrogens is 1. The molecule has 1 fully saturated rings. The van der Waals surface area contributed by atoms with Gasteiger partial charge in [-0.3, -0.25) is 14.2 Å². The highest BCUT2D eigenvalue weighted by Gasteiger charge is 2.41. The van der Waals surface area contributed by atoms with Gasteiger partial charge in [0.1, 0.15) is 5.75 Å². The highest BCUT2D eigenvalue weighted by Crippen LogP contribution is 2.39. The molecule has 0 saturated carbocycles. The van der Waals surface area contributed by atoms with E-state index in [0.29, 0.717) is 32.5 Å². The molecule has 0 atom stereocenters. The molecule has 3 heterocycles. The second-order valence-electron chi connectivity index (χ2n) is 8.07. The lowest BCUT2D eigenvalue weighted by Crippen LogP contribution is -2.52. The number of fused-ring (bicyclic) bond motifs is 2. The van der Waals surface area contributed by atoms with E-state index in [0.717, 1.165) is 33.5 Å². The lowest BCUT2D eigenvalue weighted by Gasteiger charge is -2.43. The number of piperidine rings is 1. The molecule has 30 heavy (non-hydrogen) atoms. The van der Waals surface area contributed by atoms with Crippen molar-refractivity contribution in [1.29, 1.82) is 0 Å². The van der Waals surface area contributed by atoms with E-state index in [9.17, 15) is 9.59 Å². The molecular formula is C24H24N2O4. The number of nitrogens with zero attached hydrogens (tertiary/aromatic N) is 2. The number of benzene rings is 2. The van der Waals surface area contributed by atoms with E-state index in [4.69, 9.17) is 9.47 Å². The quantitative estimate of drug-likeness (QED) is 0.609. The number of ether oxygens (including phenoxy) is 2. The van der Waals surface area contributed by atoms with Crippen LogP contribution in [0, 0.1) is 0 Å². The summed E-state index contributed by atoms with van der Waals surface area (Å²) >= 11 is 0. The molecule has 5 rings (SSSR count). The third kappa shape index (κ3) is 3.08. The zero-order chi connectivity index (χ0) is 20.9. The molecule has 2 aliphatic rings. The fourth-order valence-electron chi connectivity index (χ4n) is 4.51. The number of likely N-dealkylation sites (tertiary alicyclic amines) is 1. The fraction of sp³-hybridized carbons (Fsp3) is 0.333. The van der Waals surface area contributed by atoms with Gasteiger partial charge in [-0.05, 0) is 35.9 Å². The van der Waals surface area contributed by atoms with Crippen LogP contribution in [-0.4, -0.2) is 40.2 Å². The molecular weight excluding hydrogens is 380 g/mol. The Bertz CT molecular complexity index is 1160. The maximum atomic E-state index is 12.4. The molecule has 0 unspecified atom stereocenters. The van der Waals surface area contributed by atoms with Crippen molar-refractivity contribution in [3.05, 3.63) is 54.1 Å². The molecule has 1 spiro atoms. The predicted octanol–water partition coefficient (Wildman–Crippen LogP) is 4.22. The Hall–Kier alpha value is -3.12. The largest absolute Gasteiger partial charge is 0.462 e. The van der Waals surface area contributed by atoms with E-state index < -0.39 is 5.79 Å². The van der Waals surface area contributed by atoms with E-state index in [1.807, 2.05) is 53.4 Å². The summed E-state index contributed by atoms with van der Waals surface area (Å²) in [5, 5.41) is 1.03. The lowest BCUT2D eigenvalue weighted by molar-refractivity contribution is -0.227. The molecule has 2 aromatic carbocycles. The van der Waals surface area contributed by atoms with Gasteiger partial charge in [0.05, 0.1) is 17.8 Å². The Labute approximate surface area is 175 Å². The summed E-state index contributed by atoms with van der Waals surface area (Å²) in [6.45, 7) is 4.90. The first-order valence-corrected chi connectivity index (χ1v) is 10.3. The molecule has 154 valence electrons. The lowest BCUT2D eigenvalue weighted by atomic mass is 10.00. The summed E-state index contributed by atoms with van der Waals surface area (Å²) in [6.07, 6.45) is 1.32. The smallest absolute Gasteiger partial charge is 0.228 e. The average molecular weight is 404 g/mol. The van der Waals surface area contributed by atoms with Crippen LogP contribution in [0.1, 0.15) is 37.0 Å². The van der Waals surface area contributed by atoms with Gasteiger partial charge in [0.2, 0.25) is 17.6 Å². The molecule has 1 saturated heterocycles. The van der Waals surface area contributed by atoms with Crippen LogP contribution in [0.3, 0.4) is 0 Å². The number of amides is 1. The molecule has 6 nitrogen and oxygen atoms in total. The standard InChI is InChI=1S/C24H24N2O4/c1-16(27)25-11-9-24(10-12-25)29-15-20-13-19(7-8-23(20)30-24)22-14-18-5-3-4-6-21(18)26(22)17(2)28/h3-8,13-14H,9-12,15H2,1-2H3. The van der Waals surface area contributed by atoms with Gasteiger partial charge < -0.3 is 14.4 Å². The van der Waals surface area contributed by atoms with Gasteiger partial charge in [0.15, 0.2) is 0 Å². The van der Waals surface area contributed by atoms with Crippen molar-refractivity contribution in [2.24, 2.45) is 0 Å². The van der Waals surface area contributed by atoms with E-state index in [-0.39, 0.29) is 11.8 Å². The van der Waals surface area contributed by atoms with Crippen molar-refractivity contribution in [2.45, 2.75) is 39.1 Å². The van der Waals surface area contributed by atoms with Crippen LogP contribution in [0.4, 0.5) is 0 Å². The van der Waals surface area contributed by atoms with Crippen LogP contribution in [0.2, 0.25) is 0 Å². The Kier molecular flexibility index (Phi) is 4.40. The predicted molar refractivity (Wildman–Crippen MR) is 113 cm³/mol. The molecule has 0 aliphatic carbocycles. The maximum absolute atomic E-state index is 12.4. The van der Waals surface area contributed by atoms with Crippen LogP contribution in [-0.2, 0) is 16.1 Å². The summed E-state index contributed by atoms with van der Waals surface area (Å²) in [7, 11) is 0. The van der Waals surface area contributed by atoms with Crippen LogP contribution in [0.15, 0.2) is 48.5 Å². The fourth-order valence-corrected chi connectivity index (χ4v) is 4.51. The summed E-state index contributed by atoms with van der Waals surface area (Å²) in [4.78, 5) is 25.8. The summed E-state index contributed by atoms with van der Waals surface area (Å²) in [5.41, 5.74) is 3.69. The number of hydrogen-bond donors (Lipinski definition) is 0. The van der Waals surface area contributed by atoms with Crippen molar-refractivity contribution < 1.29 is 19.1 Å². The average Bonchev–Trinajstić information content (AvgIpc) is 3.13. The van der Waals surface area contributed by atoms with Crippen molar-refractivity contribution in [2.75, 3.05) is 13.1 Å². The Morgan fingerprint density at radius 3 is 2.47 bits per heavy atom. The van der Waals surface area contributed by atoms with Gasteiger partial charge in [-0.15, -0.1) is 0 Å². The van der Waals surface area contributed by atoms with Gasteiger partial charge in [0.25, 0.3) is 0 Å². The SMILES string of the molecule is CC(=O)N1CCC2(CC1)OCc1cc(-c3cc4ccccc4n3C(C)=O)ccc1O2. The molecule has 1 aromatic heterocycles. The highest BCUT2D eigenvalue weighted by molar-refractivity contribution is 5.97. The second kappa shape index (κ2) is 6.99. The van der Waals surface area contributed by atoms with E-state index in [1.54, 1.807) is 18.4 Å². The summed E-state index contributed by atoms with van der Waals surface area (Å²) < 4.78 is 14.2.